The molecular formula is C14H20BrNS. The molecule has 0 bridgehead atoms. The highest BCUT2D eigenvalue weighted by atomic mass is 79.9. The molecule has 0 radical (unpaired) electrons. The second kappa shape index (κ2) is 6.81. The van der Waals surface area contributed by atoms with E-state index < -0.39 is 0 Å². The molecule has 0 spiro atoms. The Hall–Kier alpha value is 0.01000. The van der Waals surface area contributed by atoms with Crippen LogP contribution in [0.4, 0.5) is 0 Å². The SMILES string of the molecule is NC1CCCCCCC1Sc1cccc(Br)c1. The minimum Gasteiger partial charge on any atom is -0.327 e. The summed E-state index contributed by atoms with van der Waals surface area (Å²) >= 11 is 5.48. The van der Waals surface area contributed by atoms with Gasteiger partial charge in [0, 0.05) is 20.7 Å². The minimum atomic E-state index is 0.360. The summed E-state index contributed by atoms with van der Waals surface area (Å²) in [5.74, 6) is 0. The van der Waals surface area contributed by atoms with Crippen molar-refractivity contribution in [1.29, 1.82) is 0 Å². The van der Waals surface area contributed by atoms with Crippen molar-refractivity contribution in [1.82, 2.24) is 0 Å². The van der Waals surface area contributed by atoms with Gasteiger partial charge < -0.3 is 5.73 Å². The number of halogens is 1. The normalized spacial score (nSPS) is 26.2. The van der Waals surface area contributed by atoms with Crippen molar-refractivity contribution in [2.45, 2.75) is 54.7 Å². The van der Waals surface area contributed by atoms with E-state index in [1.165, 1.54) is 43.4 Å². The molecule has 2 atom stereocenters. The maximum Gasteiger partial charge on any atom is 0.0246 e. The molecule has 1 aromatic rings. The van der Waals surface area contributed by atoms with Crippen LogP contribution in [0.25, 0.3) is 0 Å². The fourth-order valence-corrected chi connectivity index (χ4v) is 4.19. The van der Waals surface area contributed by atoms with Crippen molar-refractivity contribution in [3.05, 3.63) is 28.7 Å². The molecule has 0 aromatic heterocycles. The molecule has 2 unspecified atom stereocenters. The molecule has 1 aliphatic rings. The summed E-state index contributed by atoms with van der Waals surface area (Å²) in [6.45, 7) is 0. The Balaban J connectivity index is 1.99. The lowest BCUT2D eigenvalue weighted by molar-refractivity contribution is 0.463. The molecule has 0 aliphatic heterocycles. The Morgan fingerprint density at radius 3 is 2.65 bits per heavy atom. The van der Waals surface area contributed by atoms with Crippen molar-refractivity contribution < 1.29 is 0 Å². The van der Waals surface area contributed by atoms with Crippen LogP contribution in [0.1, 0.15) is 38.5 Å². The van der Waals surface area contributed by atoms with E-state index in [2.05, 4.69) is 40.2 Å². The summed E-state index contributed by atoms with van der Waals surface area (Å²) in [5.41, 5.74) is 6.30. The molecule has 2 rings (SSSR count). The van der Waals surface area contributed by atoms with E-state index in [4.69, 9.17) is 5.73 Å². The summed E-state index contributed by atoms with van der Waals surface area (Å²) in [4.78, 5) is 1.33. The molecular weight excluding hydrogens is 294 g/mol. The average Bonchev–Trinajstić information content (AvgIpc) is 2.29. The summed E-state index contributed by atoms with van der Waals surface area (Å²) in [5, 5.41) is 0.588. The van der Waals surface area contributed by atoms with E-state index in [1.54, 1.807) is 0 Å². The average molecular weight is 314 g/mol. The van der Waals surface area contributed by atoms with Gasteiger partial charge in [-0.3, -0.25) is 0 Å². The lowest BCUT2D eigenvalue weighted by Gasteiger charge is -2.25. The van der Waals surface area contributed by atoms with Gasteiger partial charge in [-0.15, -0.1) is 11.8 Å². The zero-order chi connectivity index (χ0) is 12.1. The van der Waals surface area contributed by atoms with Gasteiger partial charge in [0.1, 0.15) is 0 Å². The van der Waals surface area contributed by atoms with E-state index >= 15 is 0 Å². The third-order valence-electron chi connectivity index (χ3n) is 3.34. The molecule has 1 fully saturated rings. The summed E-state index contributed by atoms with van der Waals surface area (Å²) in [7, 11) is 0. The van der Waals surface area contributed by atoms with Gasteiger partial charge in [0.05, 0.1) is 0 Å². The standard InChI is InChI=1S/C14H20BrNS/c15-11-6-5-7-12(10-11)17-14-9-4-2-1-3-8-13(14)16/h5-7,10,13-14H,1-4,8-9,16H2. The van der Waals surface area contributed by atoms with E-state index in [0.29, 0.717) is 11.3 Å². The monoisotopic (exact) mass is 313 g/mol. The first-order chi connectivity index (χ1) is 8.25. The third kappa shape index (κ3) is 4.31. The third-order valence-corrected chi connectivity index (χ3v) is 5.24. The Kier molecular flexibility index (Phi) is 5.39. The van der Waals surface area contributed by atoms with Gasteiger partial charge in [-0.2, -0.15) is 0 Å². The fourth-order valence-electron chi connectivity index (χ4n) is 2.34. The van der Waals surface area contributed by atoms with Crippen LogP contribution >= 0.6 is 27.7 Å². The van der Waals surface area contributed by atoms with Crippen molar-refractivity contribution in [2.75, 3.05) is 0 Å². The van der Waals surface area contributed by atoms with E-state index in [9.17, 15) is 0 Å². The minimum absolute atomic E-state index is 0.360. The van der Waals surface area contributed by atoms with Gasteiger partial charge in [-0.05, 0) is 31.0 Å². The van der Waals surface area contributed by atoms with Crippen molar-refractivity contribution in [3.63, 3.8) is 0 Å². The molecule has 2 N–H and O–H groups in total. The summed E-state index contributed by atoms with van der Waals surface area (Å²) in [6.07, 6.45) is 7.82. The van der Waals surface area contributed by atoms with Gasteiger partial charge in [0.15, 0.2) is 0 Å². The predicted octanol–water partition coefficient (Wildman–Crippen LogP) is 4.59. The van der Waals surface area contributed by atoms with Crippen molar-refractivity contribution >= 4 is 27.7 Å². The highest BCUT2D eigenvalue weighted by Crippen LogP contribution is 2.32. The van der Waals surface area contributed by atoms with Crippen LogP contribution in [0, 0.1) is 0 Å². The molecule has 3 heteroatoms. The topological polar surface area (TPSA) is 26.0 Å². The molecule has 1 aliphatic carbocycles. The van der Waals surface area contributed by atoms with Crippen LogP contribution in [0.5, 0.6) is 0 Å². The number of nitrogens with two attached hydrogens (primary N) is 1. The molecule has 17 heavy (non-hydrogen) atoms. The van der Waals surface area contributed by atoms with Gasteiger partial charge in [0.25, 0.3) is 0 Å². The van der Waals surface area contributed by atoms with Crippen LogP contribution in [0.2, 0.25) is 0 Å². The Bertz CT molecular complexity index is 356. The van der Waals surface area contributed by atoms with Gasteiger partial charge in [0.2, 0.25) is 0 Å². The first-order valence-electron chi connectivity index (χ1n) is 6.43. The fraction of sp³-hybridized carbons (Fsp3) is 0.571. The lowest BCUT2D eigenvalue weighted by Crippen LogP contribution is -2.33. The van der Waals surface area contributed by atoms with E-state index in [0.717, 1.165) is 4.47 Å². The quantitative estimate of drug-likeness (QED) is 0.864. The van der Waals surface area contributed by atoms with Crippen molar-refractivity contribution in [2.24, 2.45) is 5.73 Å². The maximum atomic E-state index is 6.30. The van der Waals surface area contributed by atoms with Crippen LogP contribution in [-0.4, -0.2) is 11.3 Å². The second-order valence-corrected chi connectivity index (χ2v) is 7.00. The summed E-state index contributed by atoms with van der Waals surface area (Å²) in [6, 6.07) is 8.90. The molecule has 0 saturated heterocycles. The molecule has 0 heterocycles. The second-order valence-electron chi connectivity index (χ2n) is 4.77. The largest absolute Gasteiger partial charge is 0.327 e. The number of benzene rings is 1. The zero-order valence-electron chi connectivity index (χ0n) is 10.1. The van der Waals surface area contributed by atoms with Crippen molar-refractivity contribution in [3.8, 4) is 0 Å². The maximum absolute atomic E-state index is 6.30. The van der Waals surface area contributed by atoms with Gasteiger partial charge in [-0.1, -0.05) is 47.7 Å². The van der Waals surface area contributed by atoms with Crippen LogP contribution in [0.3, 0.4) is 0 Å². The first kappa shape index (κ1) is 13.4. The lowest BCUT2D eigenvalue weighted by atomic mass is 9.97. The molecule has 1 nitrogen and oxygen atoms in total. The highest BCUT2D eigenvalue weighted by molar-refractivity contribution is 9.10. The molecule has 1 saturated carbocycles. The number of hydrogen-bond acceptors (Lipinski definition) is 2. The van der Waals surface area contributed by atoms with E-state index in [-0.39, 0.29) is 0 Å². The van der Waals surface area contributed by atoms with Crippen LogP contribution in [-0.2, 0) is 0 Å². The first-order valence-corrected chi connectivity index (χ1v) is 8.11. The number of rotatable bonds is 2. The number of hydrogen-bond donors (Lipinski definition) is 1. The zero-order valence-corrected chi connectivity index (χ0v) is 12.5. The van der Waals surface area contributed by atoms with Crippen LogP contribution < -0.4 is 5.73 Å². The highest BCUT2D eigenvalue weighted by Gasteiger charge is 2.20. The Morgan fingerprint density at radius 2 is 1.88 bits per heavy atom. The molecule has 0 amide bonds. The number of thioether (sulfide) groups is 1. The predicted molar refractivity (Wildman–Crippen MR) is 79.5 cm³/mol. The Labute approximate surface area is 117 Å². The molecule has 94 valence electrons. The molecule has 1 aromatic carbocycles. The smallest absolute Gasteiger partial charge is 0.0246 e. The summed E-state index contributed by atoms with van der Waals surface area (Å²) < 4.78 is 1.15. The van der Waals surface area contributed by atoms with Gasteiger partial charge >= 0.3 is 0 Å². The van der Waals surface area contributed by atoms with Crippen LogP contribution in [0.15, 0.2) is 33.6 Å². The Morgan fingerprint density at radius 1 is 1.12 bits per heavy atom. The van der Waals surface area contributed by atoms with Gasteiger partial charge in [-0.25, -0.2) is 0 Å². The van der Waals surface area contributed by atoms with E-state index in [1.807, 2.05) is 11.8 Å².